The molecule has 1 N–H and O–H groups in total. The molecule has 0 saturated heterocycles. The monoisotopic (exact) mass is 445 g/mol. The van der Waals surface area contributed by atoms with Gasteiger partial charge < -0.3 is 9.72 Å². The first kappa shape index (κ1) is 21.2. The maximum Gasteiger partial charge on any atom is 0.242 e. The molecule has 2 heterocycles. The van der Waals surface area contributed by atoms with Gasteiger partial charge >= 0.3 is 0 Å². The summed E-state index contributed by atoms with van der Waals surface area (Å²) in [5.74, 6) is -0.740. The van der Waals surface area contributed by atoms with E-state index in [4.69, 9.17) is 4.74 Å². The van der Waals surface area contributed by atoms with Crippen LogP contribution in [-0.2, 0) is 14.8 Å². The molecule has 1 aromatic carbocycles. The van der Waals surface area contributed by atoms with E-state index < -0.39 is 22.0 Å². The number of sulfonamides is 1. The standard InChI is InChI=1S/C22H21F2N3O3S/c1-27(2)31(28,29)16-6-4-5-13(7-16)14-8-18-19(12-26-22(18)25-11-14)17-9-15(23)10-20(24)21(17)30-3/h4-8,10-12,15H,9H2,1-3H3,(H,25,26). The Morgan fingerprint density at radius 3 is 2.71 bits per heavy atom. The SMILES string of the molecule is COC1=C(c2c[nH]c3ncc(-c4cccc(S(=O)(=O)N(C)C)c4)cc23)CC(F)C=C1F. The number of aromatic amines is 1. The predicted molar refractivity (Wildman–Crippen MR) is 115 cm³/mol. The van der Waals surface area contributed by atoms with Crippen LogP contribution in [0.5, 0.6) is 0 Å². The molecule has 162 valence electrons. The maximum absolute atomic E-state index is 14.3. The Hall–Kier alpha value is -3.04. The van der Waals surface area contributed by atoms with Crippen molar-refractivity contribution in [1.82, 2.24) is 14.3 Å². The van der Waals surface area contributed by atoms with Gasteiger partial charge in [-0.1, -0.05) is 12.1 Å². The van der Waals surface area contributed by atoms with E-state index in [1.165, 1.54) is 27.3 Å². The third-order valence-electron chi connectivity index (χ3n) is 5.22. The number of aromatic nitrogens is 2. The number of nitrogens with one attached hydrogen (secondary N) is 1. The molecule has 0 amide bonds. The molecule has 0 radical (unpaired) electrons. The first-order valence-corrected chi connectivity index (χ1v) is 11.0. The summed E-state index contributed by atoms with van der Waals surface area (Å²) in [6, 6.07) is 8.36. The summed E-state index contributed by atoms with van der Waals surface area (Å²) in [7, 11) is 0.692. The van der Waals surface area contributed by atoms with E-state index in [9.17, 15) is 17.2 Å². The normalized spacial score (nSPS) is 17.4. The first-order chi connectivity index (χ1) is 14.7. The lowest BCUT2D eigenvalue weighted by Crippen LogP contribution is -2.22. The van der Waals surface area contributed by atoms with E-state index >= 15 is 0 Å². The van der Waals surface area contributed by atoms with Crippen molar-refractivity contribution in [2.24, 2.45) is 0 Å². The van der Waals surface area contributed by atoms with Gasteiger partial charge in [0.2, 0.25) is 10.0 Å². The summed E-state index contributed by atoms with van der Waals surface area (Å²) < 4.78 is 59.6. The molecule has 1 unspecified atom stereocenters. The lowest BCUT2D eigenvalue weighted by molar-refractivity contribution is 0.273. The van der Waals surface area contributed by atoms with E-state index in [1.54, 1.807) is 30.6 Å². The van der Waals surface area contributed by atoms with Crippen LogP contribution in [0.15, 0.2) is 65.3 Å². The average Bonchev–Trinajstić information content (AvgIpc) is 3.16. The zero-order valence-corrected chi connectivity index (χ0v) is 18.0. The Morgan fingerprint density at radius 2 is 2.00 bits per heavy atom. The highest BCUT2D eigenvalue weighted by Crippen LogP contribution is 2.38. The summed E-state index contributed by atoms with van der Waals surface area (Å²) in [6.45, 7) is 0. The molecule has 3 aromatic rings. The van der Waals surface area contributed by atoms with Gasteiger partial charge in [0.25, 0.3) is 0 Å². The lowest BCUT2D eigenvalue weighted by atomic mass is 9.94. The van der Waals surface area contributed by atoms with Crippen LogP contribution in [0, 0.1) is 0 Å². The second kappa shape index (κ2) is 7.90. The Bertz CT molecular complexity index is 1330. The highest BCUT2D eigenvalue weighted by Gasteiger charge is 2.26. The van der Waals surface area contributed by atoms with Crippen molar-refractivity contribution in [3.05, 3.63) is 66.0 Å². The molecule has 0 spiro atoms. The number of methoxy groups -OCH3 is 1. The number of rotatable bonds is 5. The van der Waals surface area contributed by atoms with Gasteiger partial charge in [0, 0.05) is 55.0 Å². The molecule has 0 saturated carbocycles. The van der Waals surface area contributed by atoms with Crippen LogP contribution in [0.2, 0.25) is 0 Å². The molecule has 9 heteroatoms. The fraction of sp³-hybridized carbons (Fsp3) is 0.227. The molecule has 31 heavy (non-hydrogen) atoms. The average molecular weight is 445 g/mol. The molecule has 0 bridgehead atoms. The summed E-state index contributed by atoms with van der Waals surface area (Å²) in [5.41, 5.74) is 2.87. The van der Waals surface area contributed by atoms with E-state index in [0.29, 0.717) is 33.3 Å². The number of halogens is 2. The molecule has 0 fully saturated rings. The summed E-state index contributed by atoms with van der Waals surface area (Å²) >= 11 is 0. The summed E-state index contributed by atoms with van der Waals surface area (Å²) in [6.07, 6.45) is 2.69. The molecule has 1 aliphatic carbocycles. The van der Waals surface area contributed by atoms with Gasteiger partial charge in [0.15, 0.2) is 11.6 Å². The van der Waals surface area contributed by atoms with Crippen molar-refractivity contribution >= 4 is 26.6 Å². The Kier molecular flexibility index (Phi) is 5.40. The fourth-order valence-corrected chi connectivity index (χ4v) is 4.58. The molecular formula is C22H21F2N3O3S. The topological polar surface area (TPSA) is 75.3 Å². The number of nitrogens with zero attached hydrogens (tertiary/aromatic N) is 2. The molecule has 0 aliphatic heterocycles. The number of pyridine rings is 1. The summed E-state index contributed by atoms with van der Waals surface area (Å²) in [5, 5.41) is 0.657. The molecule has 6 nitrogen and oxygen atoms in total. The van der Waals surface area contributed by atoms with Crippen molar-refractivity contribution < 1.29 is 21.9 Å². The number of hydrogen-bond acceptors (Lipinski definition) is 4. The lowest BCUT2D eigenvalue weighted by Gasteiger charge is -2.18. The predicted octanol–water partition coefficient (Wildman–Crippen LogP) is 4.43. The quantitative estimate of drug-likeness (QED) is 0.630. The van der Waals surface area contributed by atoms with Crippen LogP contribution in [0.4, 0.5) is 8.78 Å². The third kappa shape index (κ3) is 3.75. The van der Waals surface area contributed by atoms with E-state index in [2.05, 4.69) is 9.97 Å². The maximum atomic E-state index is 14.3. The van der Waals surface area contributed by atoms with Crippen molar-refractivity contribution in [3.63, 3.8) is 0 Å². The zero-order chi connectivity index (χ0) is 22.3. The van der Waals surface area contributed by atoms with E-state index in [0.717, 1.165) is 10.4 Å². The van der Waals surface area contributed by atoms with Gasteiger partial charge in [-0.15, -0.1) is 0 Å². The van der Waals surface area contributed by atoms with Gasteiger partial charge in [0.05, 0.1) is 12.0 Å². The minimum Gasteiger partial charge on any atom is -0.493 e. The van der Waals surface area contributed by atoms with Gasteiger partial charge in [-0.25, -0.2) is 26.5 Å². The van der Waals surface area contributed by atoms with E-state index in [1.807, 2.05) is 6.07 Å². The number of fused-ring (bicyclic) bond motifs is 1. The third-order valence-corrected chi connectivity index (χ3v) is 7.03. The van der Waals surface area contributed by atoms with Crippen LogP contribution in [0.25, 0.3) is 27.7 Å². The number of H-pyrrole nitrogens is 1. The van der Waals surface area contributed by atoms with Crippen molar-refractivity contribution in [2.75, 3.05) is 21.2 Å². The molecule has 1 aliphatic rings. The van der Waals surface area contributed by atoms with Crippen molar-refractivity contribution in [1.29, 1.82) is 0 Å². The van der Waals surface area contributed by atoms with Crippen LogP contribution in [-0.4, -0.2) is 50.1 Å². The second-order valence-electron chi connectivity index (χ2n) is 7.38. The Labute approximate surface area is 178 Å². The van der Waals surface area contributed by atoms with Gasteiger partial charge in [0.1, 0.15) is 11.8 Å². The molecule has 2 aromatic heterocycles. The van der Waals surface area contributed by atoms with Crippen LogP contribution < -0.4 is 0 Å². The Balaban J connectivity index is 1.85. The minimum absolute atomic E-state index is 0.000670. The van der Waals surface area contributed by atoms with Crippen LogP contribution >= 0.6 is 0 Å². The smallest absolute Gasteiger partial charge is 0.242 e. The molecular weight excluding hydrogens is 424 g/mol. The minimum atomic E-state index is -3.59. The van der Waals surface area contributed by atoms with E-state index in [-0.39, 0.29) is 17.1 Å². The van der Waals surface area contributed by atoms with Crippen molar-refractivity contribution in [2.45, 2.75) is 17.5 Å². The number of alkyl halides is 1. The largest absolute Gasteiger partial charge is 0.493 e. The Morgan fingerprint density at radius 1 is 1.23 bits per heavy atom. The highest BCUT2D eigenvalue weighted by molar-refractivity contribution is 7.89. The number of ether oxygens (including phenoxy) is 1. The number of allylic oxidation sites excluding steroid dienone is 3. The highest BCUT2D eigenvalue weighted by atomic mass is 32.2. The number of benzene rings is 1. The van der Waals surface area contributed by atoms with Gasteiger partial charge in [-0.05, 0) is 29.8 Å². The number of hydrogen-bond donors (Lipinski definition) is 1. The molecule has 1 atom stereocenters. The van der Waals surface area contributed by atoms with Gasteiger partial charge in [-0.3, -0.25) is 0 Å². The summed E-state index contributed by atoms with van der Waals surface area (Å²) in [4.78, 5) is 7.59. The van der Waals surface area contributed by atoms with Crippen LogP contribution in [0.1, 0.15) is 12.0 Å². The van der Waals surface area contributed by atoms with Crippen LogP contribution in [0.3, 0.4) is 0 Å². The van der Waals surface area contributed by atoms with Crippen molar-refractivity contribution in [3.8, 4) is 11.1 Å². The molecule has 4 rings (SSSR count). The van der Waals surface area contributed by atoms with Gasteiger partial charge in [-0.2, -0.15) is 0 Å². The second-order valence-corrected chi connectivity index (χ2v) is 9.54. The zero-order valence-electron chi connectivity index (χ0n) is 17.2. The fourth-order valence-electron chi connectivity index (χ4n) is 3.64. The first-order valence-electron chi connectivity index (χ1n) is 9.51.